The molecule has 1 aliphatic heterocycles. The predicted octanol–water partition coefficient (Wildman–Crippen LogP) is 3.93. The molecule has 24 heavy (non-hydrogen) atoms. The van der Waals surface area contributed by atoms with Crippen molar-refractivity contribution in [3.8, 4) is 11.5 Å². The second-order valence-corrected chi connectivity index (χ2v) is 6.67. The van der Waals surface area contributed by atoms with Crippen molar-refractivity contribution in [1.29, 1.82) is 0 Å². The Morgan fingerprint density at radius 3 is 2.79 bits per heavy atom. The molecule has 6 heteroatoms. The summed E-state index contributed by atoms with van der Waals surface area (Å²) in [6, 6.07) is 14.2. The number of pyridine rings is 1. The number of hydrogen-bond acceptors (Lipinski definition) is 6. The molecule has 1 aliphatic rings. The van der Waals surface area contributed by atoms with Gasteiger partial charge in [0.1, 0.15) is 0 Å². The van der Waals surface area contributed by atoms with E-state index < -0.39 is 0 Å². The Morgan fingerprint density at radius 2 is 2.04 bits per heavy atom. The average molecular weight is 339 g/mol. The van der Waals surface area contributed by atoms with Crippen molar-refractivity contribution in [3.05, 3.63) is 60.0 Å². The summed E-state index contributed by atoms with van der Waals surface area (Å²) in [5, 5.41) is 5.12. The van der Waals surface area contributed by atoms with Gasteiger partial charge < -0.3 is 9.26 Å². The van der Waals surface area contributed by atoms with Gasteiger partial charge in [-0.25, -0.2) is 4.98 Å². The minimum atomic E-state index is 0.261. The van der Waals surface area contributed by atoms with Crippen LogP contribution in [0.1, 0.15) is 23.7 Å². The van der Waals surface area contributed by atoms with Gasteiger partial charge in [0.2, 0.25) is 0 Å². The topological polar surface area (TPSA) is 61.0 Å². The smallest absolute Gasteiger partial charge is 0.257 e. The van der Waals surface area contributed by atoms with Gasteiger partial charge in [0.25, 0.3) is 5.89 Å². The van der Waals surface area contributed by atoms with Crippen molar-refractivity contribution in [2.75, 3.05) is 13.2 Å². The molecule has 4 rings (SSSR count). The van der Waals surface area contributed by atoms with E-state index in [1.807, 2.05) is 36.5 Å². The molecule has 0 unspecified atom stereocenters. The molecule has 0 bridgehead atoms. The van der Waals surface area contributed by atoms with Crippen LogP contribution in [0.2, 0.25) is 0 Å². The fourth-order valence-electron chi connectivity index (χ4n) is 2.59. The van der Waals surface area contributed by atoms with Gasteiger partial charge in [0, 0.05) is 30.0 Å². The maximum atomic E-state index is 5.40. The van der Waals surface area contributed by atoms with E-state index in [4.69, 9.17) is 9.26 Å². The summed E-state index contributed by atoms with van der Waals surface area (Å²) in [5.41, 5.74) is 2.18. The van der Waals surface area contributed by atoms with Gasteiger partial charge in [-0.05, 0) is 36.2 Å². The molecule has 0 spiro atoms. The van der Waals surface area contributed by atoms with E-state index in [0.29, 0.717) is 12.5 Å². The van der Waals surface area contributed by atoms with E-state index >= 15 is 0 Å². The largest absolute Gasteiger partial charge is 0.381 e. The van der Waals surface area contributed by atoms with Gasteiger partial charge in [-0.3, -0.25) is 0 Å². The quantitative estimate of drug-likeness (QED) is 0.657. The number of ether oxygens (including phenoxy) is 1. The van der Waals surface area contributed by atoms with Gasteiger partial charge in [-0.1, -0.05) is 23.4 Å². The van der Waals surface area contributed by atoms with Gasteiger partial charge in [0.05, 0.1) is 11.6 Å². The second-order valence-electron chi connectivity index (χ2n) is 5.67. The maximum Gasteiger partial charge on any atom is 0.257 e. The van der Waals surface area contributed by atoms with Crippen LogP contribution in [-0.4, -0.2) is 28.3 Å². The first kappa shape index (κ1) is 15.4. The molecule has 2 aromatic heterocycles. The highest BCUT2D eigenvalue weighted by atomic mass is 32.2. The molecule has 0 aliphatic carbocycles. The lowest BCUT2D eigenvalue weighted by atomic mass is 10.1. The van der Waals surface area contributed by atoms with Crippen LogP contribution in [0.5, 0.6) is 0 Å². The van der Waals surface area contributed by atoms with Crippen LogP contribution in [0.25, 0.3) is 11.5 Å². The summed E-state index contributed by atoms with van der Waals surface area (Å²) in [6.07, 6.45) is 2.77. The molecular formula is C18H17N3O2S. The fourth-order valence-corrected chi connectivity index (χ4v) is 3.41. The summed E-state index contributed by atoms with van der Waals surface area (Å²) in [5.74, 6) is 2.46. The van der Waals surface area contributed by atoms with E-state index in [2.05, 4.69) is 27.3 Å². The van der Waals surface area contributed by atoms with Crippen molar-refractivity contribution >= 4 is 11.8 Å². The van der Waals surface area contributed by atoms with Gasteiger partial charge in [-0.2, -0.15) is 4.98 Å². The second kappa shape index (κ2) is 7.15. The SMILES string of the molecule is c1ccc(SCc2ccc(-c3nc([C@@H]4CCOC4)no3)cc2)nc1. The zero-order chi connectivity index (χ0) is 16.2. The van der Waals surface area contributed by atoms with Crippen molar-refractivity contribution in [2.24, 2.45) is 0 Å². The molecule has 0 saturated carbocycles. The van der Waals surface area contributed by atoms with Crippen molar-refractivity contribution in [2.45, 2.75) is 23.1 Å². The lowest BCUT2D eigenvalue weighted by Gasteiger charge is -2.02. The van der Waals surface area contributed by atoms with Crippen LogP contribution in [0.4, 0.5) is 0 Å². The number of rotatable bonds is 5. The van der Waals surface area contributed by atoms with Gasteiger partial charge in [-0.15, -0.1) is 11.8 Å². The van der Waals surface area contributed by atoms with Crippen LogP contribution in [0, 0.1) is 0 Å². The minimum absolute atomic E-state index is 0.261. The van der Waals surface area contributed by atoms with E-state index in [-0.39, 0.29) is 5.92 Å². The first-order chi connectivity index (χ1) is 11.9. The van der Waals surface area contributed by atoms with Crippen LogP contribution < -0.4 is 0 Å². The van der Waals surface area contributed by atoms with Gasteiger partial charge in [0.15, 0.2) is 5.82 Å². The van der Waals surface area contributed by atoms with E-state index in [1.54, 1.807) is 11.8 Å². The molecule has 0 N–H and O–H groups in total. The van der Waals surface area contributed by atoms with Crippen molar-refractivity contribution < 1.29 is 9.26 Å². The summed E-state index contributed by atoms with van der Waals surface area (Å²) in [7, 11) is 0. The molecule has 0 radical (unpaired) electrons. The molecular weight excluding hydrogens is 322 g/mol. The summed E-state index contributed by atoms with van der Waals surface area (Å²) >= 11 is 1.72. The normalized spacial score (nSPS) is 17.2. The standard InChI is InChI=1S/C18H17N3O2S/c1-2-9-19-16(3-1)24-12-13-4-6-14(7-5-13)18-20-17(21-23-18)15-8-10-22-11-15/h1-7,9,15H,8,10-12H2/t15-/m1/s1. The van der Waals surface area contributed by atoms with E-state index in [0.717, 1.165) is 35.2 Å². The zero-order valence-corrected chi connectivity index (χ0v) is 13.9. The number of nitrogens with zero attached hydrogens (tertiary/aromatic N) is 3. The number of hydrogen-bond donors (Lipinski definition) is 0. The average Bonchev–Trinajstić information content (AvgIpc) is 3.33. The van der Waals surface area contributed by atoms with E-state index in [1.165, 1.54) is 5.56 Å². The zero-order valence-electron chi connectivity index (χ0n) is 13.1. The molecule has 1 saturated heterocycles. The Morgan fingerprint density at radius 1 is 1.12 bits per heavy atom. The number of benzene rings is 1. The molecule has 0 amide bonds. The van der Waals surface area contributed by atoms with Crippen LogP contribution in [0.15, 0.2) is 58.2 Å². The Labute approximate surface area is 144 Å². The highest BCUT2D eigenvalue weighted by molar-refractivity contribution is 7.98. The summed E-state index contributed by atoms with van der Waals surface area (Å²) in [6.45, 7) is 1.46. The monoisotopic (exact) mass is 339 g/mol. The third-order valence-corrected chi connectivity index (χ3v) is 4.98. The molecule has 5 nitrogen and oxygen atoms in total. The first-order valence-corrected chi connectivity index (χ1v) is 8.91. The van der Waals surface area contributed by atoms with Crippen LogP contribution in [0.3, 0.4) is 0 Å². The molecule has 3 heterocycles. The number of aromatic nitrogens is 3. The Kier molecular flexibility index (Phi) is 4.57. The van der Waals surface area contributed by atoms with Crippen molar-refractivity contribution in [3.63, 3.8) is 0 Å². The predicted molar refractivity (Wildman–Crippen MR) is 91.7 cm³/mol. The highest BCUT2D eigenvalue weighted by Crippen LogP contribution is 2.26. The summed E-state index contributed by atoms with van der Waals surface area (Å²) in [4.78, 5) is 8.83. The number of thioether (sulfide) groups is 1. The highest BCUT2D eigenvalue weighted by Gasteiger charge is 2.23. The third-order valence-electron chi connectivity index (χ3n) is 3.96. The minimum Gasteiger partial charge on any atom is -0.381 e. The summed E-state index contributed by atoms with van der Waals surface area (Å²) < 4.78 is 10.8. The van der Waals surface area contributed by atoms with Crippen LogP contribution >= 0.6 is 11.8 Å². The molecule has 3 aromatic rings. The molecule has 1 atom stereocenters. The molecule has 1 fully saturated rings. The fraction of sp³-hybridized carbons (Fsp3) is 0.278. The van der Waals surface area contributed by atoms with E-state index in [9.17, 15) is 0 Å². The lowest BCUT2D eigenvalue weighted by Crippen LogP contribution is -1.99. The Bertz CT molecular complexity index is 784. The Balaban J connectivity index is 1.42. The lowest BCUT2D eigenvalue weighted by molar-refractivity contribution is 0.192. The maximum absolute atomic E-state index is 5.40. The first-order valence-electron chi connectivity index (χ1n) is 7.93. The Hall–Kier alpha value is -2.18. The third kappa shape index (κ3) is 3.49. The van der Waals surface area contributed by atoms with Gasteiger partial charge >= 0.3 is 0 Å². The molecule has 122 valence electrons. The molecule has 1 aromatic carbocycles. The van der Waals surface area contributed by atoms with Crippen LogP contribution in [-0.2, 0) is 10.5 Å². The van der Waals surface area contributed by atoms with Crippen molar-refractivity contribution in [1.82, 2.24) is 15.1 Å².